The number of benzene rings is 2. The number of hydrogen-bond donors (Lipinski definition) is 1. The van der Waals surface area contributed by atoms with E-state index in [1.54, 1.807) is 30.3 Å². The van der Waals surface area contributed by atoms with Gasteiger partial charge < -0.3 is 13.9 Å². The lowest BCUT2D eigenvalue weighted by atomic mass is 10.2. The van der Waals surface area contributed by atoms with Gasteiger partial charge in [-0.05, 0) is 64.8 Å². The summed E-state index contributed by atoms with van der Waals surface area (Å²) in [5.41, 5.74) is 3.72. The molecule has 27 heavy (non-hydrogen) atoms. The third-order valence-electron chi connectivity index (χ3n) is 3.63. The van der Waals surface area contributed by atoms with Crippen molar-refractivity contribution in [3.63, 3.8) is 0 Å². The van der Waals surface area contributed by atoms with Crippen LogP contribution in [0.25, 0.3) is 11.0 Å². The number of furan rings is 1. The van der Waals surface area contributed by atoms with Gasteiger partial charge in [0, 0.05) is 5.39 Å². The van der Waals surface area contributed by atoms with Crippen LogP contribution in [0.1, 0.15) is 23.0 Å². The van der Waals surface area contributed by atoms with Gasteiger partial charge in [-0.3, -0.25) is 4.79 Å². The van der Waals surface area contributed by atoms with Crippen molar-refractivity contribution in [1.29, 1.82) is 0 Å². The van der Waals surface area contributed by atoms with Crippen LogP contribution in [0.2, 0.25) is 5.02 Å². The Morgan fingerprint density at radius 1 is 1.33 bits per heavy atom. The maximum Gasteiger partial charge on any atom is 0.307 e. The van der Waals surface area contributed by atoms with E-state index in [-0.39, 0.29) is 5.76 Å². The third kappa shape index (κ3) is 4.43. The summed E-state index contributed by atoms with van der Waals surface area (Å²) in [4.78, 5) is 12.2. The molecule has 0 bridgehead atoms. The summed E-state index contributed by atoms with van der Waals surface area (Å²) >= 11 is 9.49. The van der Waals surface area contributed by atoms with Crippen molar-refractivity contribution in [1.82, 2.24) is 5.43 Å². The van der Waals surface area contributed by atoms with Crippen LogP contribution in [-0.4, -0.2) is 25.8 Å². The molecule has 0 aliphatic carbocycles. The van der Waals surface area contributed by atoms with Gasteiger partial charge in [0.2, 0.25) is 0 Å². The van der Waals surface area contributed by atoms with Gasteiger partial charge in [-0.25, -0.2) is 5.43 Å². The fraction of sp³-hybridized carbons (Fsp3) is 0.158. The number of nitrogens with zero attached hydrogens (tertiary/aromatic N) is 1. The monoisotopic (exact) mass is 450 g/mol. The van der Waals surface area contributed by atoms with Crippen molar-refractivity contribution in [2.24, 2.45) is 5.10 Å². The highest BCUT2D eigenvalue weighted by Gasteiger charge is 2.12. The number of carbonyl (C=O) groups excluding carboxylic acids is 1. The van der Waals surface area contributed by atoms with Crippen LogP contribution in [0, 0.1) is 0 Å². The number of amides is 1. The Morgan fingerprint density at radius 2 is 2.15 bits per heavy atom. The number of nitrogens with one attached hydrogen (secondary N) is 1. The van der Waals surface area contributed by atoms with E-state index < -0.39 is 5.91 Å². The third-order valence-corrected chi connectivity index (χ3v) is 4.50. The Bertz CT molecular complexity index is 993. The smallest absolute Gasteiger partial charge is 0.307 e. The SMILES string of the molecule is CCOc1ccc2oc(C(=O)N/N=C/c3cc(Cl)c(OC)c(Br)c3)cc2c1. The Hall–Kier alpha value is -2.51. The number of halogens is 2. The molecule has 1 aromatic heterocycles. The second kappa shape index (κ2) is 8.45. The molecule has 0 unspecified atom stereocenters. The van der Waals surface area contributed by atoms with Crippen molar-refractivity contribution in [2.75, 3.05) is 13.7 Å². The minimum atomic E-state index is -0.459. The molecule has 3 aromatic rings. The molecular formula is C19H16BrClN2O4. The van der Waals surface area contributed by atoms with Crippen molar-refractivity contribution in [2.45, 2.75) is 6.92 Å². The van der Waals surface area contributed by atoms with Crippen LogP contribution in [0.3, 0.4) is 0 Å². The average Bonchev–Trinajstić information content (AvgIpc) is 3.05. The summed E-state index contributed by atoms with van der Waals surface area (Å²) in [6.07, 6.45) is 1.48. The minimum Gasteiger partial charge on any atom is -0.494 e. The molecule has 6 nitrogen and oxygen atoms in total. The summed E-state index contributed by atoms with van der Waals surface area (Å²) in [7, 11) is 1.53. The van der Waals surface area contributed by atoms with Crippen LogP contribution < -0.4 is 14.9 Å². The number of fused-ring (bicyclic) bond motifs is 1. The molecule has 0 saturated carbocycles. The quantitative estimate of drug-likeness (QED) is 0.422. The molecule has 0 fully saturated rings. The van der Waals surface area contributed by atoms with Crippen molar-refractivity contribution in [3.8, 4) is 11.5 Å². The molecule has 1 N–H and O–H groups in total. The van der Waals surface area contributed by atoms with Crippen molar-refractivity contribution >= 4 is 50.6 Å². The molecule has 0 spiro atoms. The van der Waals surface area contributed by atoms with Crippen molar-refractivity contribution < 1.29 is 18.7 Å². The summed E-state index contributed by atoms with van der Waals surface area (Å²) in [6.45, 7) is 2.47. The van der Waals surface area contributed by atoms with E-state index in [1.807, 2.05) is 13.0 Å². The maximum absolute atomic E-state index is 12.2. The Morgan fingerprint density at radius 3 is 2.85 bits per heavy atom. The fourth-order valence-electron chi connectivity index (χ4n) is 2.46. The predicted octanol–water partition coefficient (Wildman–Crippen LogP) is 5.02. The van der Waals surface area contributed by atoms with Crippen LogP contribution in [0.4, 0.5) is 0 Å². The summed E-state index contributed by atoms with van der Waals surface area (Å²) in [6, 6.07) is 10.5. The standard InChI is InChI=1S/C19H16BrClN2O4/c1-3-26-13-4-5-16-12(8-13)9-17(27-16)19(24)23-22-10-11-6-14(20)18(25-2)15(21)7-11/h4-10H,3H2,1-2H3,(H,23,24)/b22-10+. The average molecular weight is 452 g/mol. The van der Waals surface area contributed by atoms with Crippen LogP contribution in [0.5, 0.6) is 11.5 Å². The Balaban J connectivity index is 1.72. The molecule has 140 valence electrons. The number of hydrogen-bond acceptors (Lipinski definition) is 5. The summed E-state index contributed by atoms with van der Waals surface area (Å²) in [5, 5.41) is 5.15. The minimum absolute atomic E-state index is 0.157. The first-order valence-electron chi connectivity index (χ1n) is 8.04. The molecule has 8 heteroatoms. The summed E-state index contributed by atoms with van der Waals surface area (Å²) < 4.78 is 16.8. The summed E-state index contributed by atoms with van der Waals surface area (Å²) in [5.74, 6) is 0.952. The second-order valence-corrected chi connectivity index (χ2v) is 6.72. The molecule has 0 saturated heterocycles. The largest absolute Gasteiger partial charge is 0.494 e. The second-order valence-electron chi connectivity index (χ2n) is 5.46. The highest BCUT2D eigenvalue weighted by atomic mass is 79.9. The highest BCUT2D eigenvalue weighted by Crippen LogP contribution is 2.33. The number of rotatable bonds is 6. The van der Waals surface area contributed by atoms with E-state index in [9.17, 15) is 4.79 Å². The zero-order chi connectivity index (χ0) is 19.4. The lowest BCUT2D eigenvalue weighted by Crippen LogP contribution is -2.16. The number of carbonyl (C=O) groups is 1. The van der Waals surface area contributed by atoms with Crippen molar-refractivity contribution in [3.05, 3.63) is 57.2 Å². The molecule has 0 atom stereocenters. The van der Waals surface area contributed by atoms with Gasteiger partial charge in [0.25, 0.3) is 0 Å². The van der Waals surface area contributed by atoms with Crippen LogP contribution >= 0.6 is 27.5 Å². The highest BCUT2D eigenvalue weighted by molar-refractivity contribution is 9.10. The number of ether oxygens (including phenoxy) is 2. The predicted molar refractivity (Wildman–Crippen MR) is 108 cm³/mol. The van der Waals surface area contributed by atoms with Crippen LogP contribution in [-0.2, 0) is 0 Å². The maximum atomic E-state index is 12.2. The normalized spacial score (nSPS) is 11.1. The zero-order valence-electron chi connectivity index (χ0n) is 14.6. The van der Waals surface area contributed by atoms with Gasteiger partial charge in [-0.2, -0.15) is 5.10 Å². The molecule has 0 radical (unpaired) electrons. The van der Waals surface area contributed by atoms with Gasteiger partial charge in [-0.1, -0.05) is 11.6 Å². The molecule has 1 amide bonds. The Labute approximate surface area is 169 Å². The molecule has 3 rings (SSSR count). The van der Waals surface area contributed by atoms with E-state index in [2.05, 4.69) is 26.5 Å². The molecule has 0 aliphatic heterocycles. The van der Waals surface area contributed by atoms with E-state index in [4.69, 9.17) is 25.5 Å². The lowest BCUT2D eigenvalue weighted by Gasteiger charge is -2.06. The number of methoxy groups -OCH3 is 1. The van der Waals surface area contributed by atoms with Gasteiger partial charge in [0.1, 0.15) is 11.3 Å². The molecule has 0 aliphatic rings. The number of hydrazone groups is 1. The lowest BCUT2D eigenvalue weighted by molar-refractivity contribution is 0.0929. The van der Waals surface area contributed by atoms with Gasteiger partial charge in [-0.15, -0.1) is 0 Å². The van der Waals surface area contributed by atoms with E-state index in [0.717, 1.165) is 11.1 Å². The van der Waals surface area contributed by atoms with E-state index in [1.165, 1.54) is 13.3 Å². The molecular weight excluding hydrogens is 436 g/mol. The Kier molecular flexibility index (Phi) is 6.03. The first kappa shape index (κ1) is 19.3. The topological polar surface area (TPSA) is 73.1 Å². The van der Waals surface area contributed by atoms with Crippen LogP contribution in [0.15, 0.2) is 50.4 Å². The first-order valence-corrected chi connectivity index (χ1v) is 9.21. The van der Waals surface area contributed by atoms with E-state index >= 15 is 0 Å². The van der Waals surface area contributed by atoms with E-state index in [0.29, 0.717) is 33.0 Å². The first-order chi connectivity index (χ1) is 13.0. The zero-order valence-corrected chi connectivity index (χ0v) is 16.9. The fourth-order valence-corrected chi connectivity index (χ4v) is 3.52. The van der Waals surface area contributed by atoms with Gasteiger partial charge in [0.15, 0.2) is 11.5 Å². The van der Waals surface area contributed by atoms with Gasteiger partial charge >= 0.3 is 5.91 Å². The van der Waals surface area contributed by atoms with Gasteiger partial charge in [0.05, 0.1) is 29.4 Å². The molecule has 2 aromatic carbocycles. The molecule has 1 heterocycles.